The number of aromatic amines is 1. The average molecular weight is 270 g/mol. The molecule has 104 valence electrons. The van der Waals surface area contributed by atoms with Crippen LogP contribution in [0.25, 0.3) is 0 Å². The van der Waals surface area contributed by atoms with Crippen molar-refractivity contribution in [1.29, 1.82) is 0 Å². The van der Waals surface area contributed by atoms with Crippen molar-refractivity contribution in [1.82, 2.24) is 14.7 Å². The van der Waals surface area contributed by atoms with E-state index >= 15 is 0 Å². The molecule has 2 rings (SSSR count). The quantitative estimate of drug-likeness (QED) is 0.417. The van der Waals surface area contributed by atoms with E-state index < -0.39 is 21.6 Å². The molecule has 1 aliphatic heterocycles. The van der Waals surface area contributed by atoms with Crippen LogP contribution in [-0.4, -0.2) is 52.5 Å². The zero-order valence-electron chi connectivity index (χ0n) is 10.2. The van der Waals surface area contributed by atoms with Gasteiger partial charge in [-0.2, -0.15) is 0 Å². The Kier molecular flexibility index (Phi) is 4.07. The summed E-state index contributed by atoms with van der Waals surface area (Å²) in [4.78, 5) is 34.8. The minimum absolute atomic E-state index is 0.284. The second kappa shape index (κ2) is 5.76. The molecule has 0 bridgehead atoms. The van der Waals surface area contributed by atoms with Crippen molar-refractivity contribution in [3.8, 4) is 0 Å². The number of aromatic nitrogens is 2. The predicted molar refractivity (Wildman–Crippen MR) is 65.2 cm³/mol. The fourth-order valence-electron chi connectivity index (χ4n) is 1.86. The molecule has 0 amide bonds. The molecule has 0 atom stereocenters. The number of ether oxygens (including phenoxy) is 1. The SMILES string of the molecule is O=c1c([N+](=O)[O-])c[nH]n(CCN2CCOCC2)c1=O. The Labute approximate surface area is 107 Å². The van der Waals surface area contributed by atoms with E-state index in [-0.39, 0.29) is 6.54 Å². The van der Waals surface area contributed by atoms with Gasteiger partial charge in [0.15, 0.2) is 0 Å². The lowest BCUT2D eigenvalue weighted by atomic mass is 10.4. The monoisotopic (exact) mass is 270 g/mol. The van der Waals surface area contributed by atoms with Crippen molar-refractivity contribution in [3.63, 3.8) is 0 Å². The van der Waals surface area contributed by atoms with Crippen LogP contribution in [0.5, 0.6) is 0 Å². The standard InChI is InChI=1S/C10H14N4O5/c15-9-8(14(17)18)7-11-13(10(9)16)2-1-12-3-5-19-6-4-12/h7,11H,1-6H2. The van der Waals surface area contributed by atoms with Crippen molar-refractivity contribution in [2.45, 2.75) is 6.54 Å². The molecule has 1 fully saturated rings. The Morgan fingerprint density at radius 1 is 1.32 bits per heavy atom. The van der Waals surface area contributed by atoms with Crippen molar-refractivity contribution in [3.05, 3.63) is 36.9 Å². The summed E-state index contributed by atoms with van der Waals surface area (Å²) in [6.07, 6.45) is 0.947. The molecular weight excluding hydrogens is 256 g/mol. The van der Waals surface area contributed by atoms with E-state index in [4.69, 9.17) is 4.74 Å². The van der Waals surface area contributed by atoms with E-state index in [0.29, 0.717) is 19.8 Å². The maximum Gasteiger partial charge on any atom is 0.339 e. The van der Waals surface area contributed by atoms with Gasteiger partial charge in [-0.05, 0) is 0 Å². The maximum atomic E-state index is 11.6. The van der Waals surface area contributed by atoms with Gasteiger partial charge in [-0.25, -0.2) is 4.68 Å². The molecule has 2 heterocycles. The zero-order chi connectivity index (χ0) is 13.8. The molecule has 1 saturated heterocycles. The Morgan fingerprint density at radius 2 is 2.00 bits per heavy atom. The Hall–Kier alpha value is -2.00. The highest BCUT2D eigenvalue weighted by Gasteiger charge is 2.17. The van der Waals surface area contributed by atoms with Gasteiger partial charge in [0.2, 0.25) is 0 Å². The van der Waals surface area contributed by atoms with Crippen LogP contribution in [0.2, 0.25) is 0 Å². The molecule has 0 aliphatic carbocycles. The number of nitrogens with zero attached hydrogens (tertiary/aromatic N) is 3. The summed E-state index contributed by atoms with van der Waals surface area (Å²) in [5, 5.41) is 13.0. The highest BCUT2D eigenvalue weighted by Crippen LogP contribution is 1.98. The highest BCUT2D eigenvalue weighted by molar-refractivity contribution is 5.22. The van der Waals surface area contributed by atoms with Gasteiger partial charge in [0.25, 0.3) is 0 Å². The van der Waals surface area contributed by atoms with Crippen LogP contribution in [0.4, 0.5) is 5.69 Å². The molecule has 0 radical (unpaired) electrons. The minimum atomic E-state index is -1.09. The summed E-state index contributed by atoms with van der Waals surface area (Å²) in [5.74, 6) is 0. The van der Waals surface area contributed by atoms with Crippen LogP contribution in [-0.2, 0) is 11.3 Å². The number of rotatable bonds is 4. The van der Waals surface area contributed by atoms with Gasteiger partial charge in [0.05, 0.1) is 24.7 Å². The van der Waals surface area contributed by atoms with Gasteiger partial charge in [-0.1, -0.05) is 0 Å². The van der Waals surface area contributed by atoms with Gasteiger partial charge in [0.1, 0.15) is 6.20 Å². The van der Waals surface area contributed by atoms with Crippen LogP contribution in [0.3, 0.4) is 0 Å². The first-order valence-electron chi connectivity index (χ1n) is 5.86. The molecule has 9 nitrogen and oxygen atoms in total. The van der Waals surface area contributed by atoms with E-state index in [1.165, 1.54) is 0 Å². The Morgan fingerprint density at radius 3 is 2.63 bits per heavy atom. The van der Waals surface area contributed by atoms with Crippen LogP contribution < -0.4 is 11.0 Å². The molecule has 0 saturated carbocycles. The van der Waals surface area contributed by atoms with Crippen molar-refractivity contribution < 1.29 is 9.66 Å². The normalized spacial score (nSPS) is 16.4. The first-order valence-corrected chi connectivity index (χ1v) is 5.86. The molecule has 1 aromatic heterocycles. The number of hydrogen-bond acceptors (Lipinski definition) is 6. The predicted octanol–water partition coefficient (Wildman–Crippen LogP) is -1.22. The average Bonchev–Trinajstić information content (AvgIpc) is 2.41. The summed E-state index contributed by atoms with van der Waals surface area (Å²) < 4.78 is 6.28. The smallest absolute Gasteiger partial charge is 0.339 e. The van der Waals surface area contributed by atoms with Gasteiger partial charge >= 0.3 is 16.7 Å². The topological polar surface area (TPSA) is 110 Å². The molecule has 19 heavy (non-hydrogen) atoms. The molecule has 0 spiro atoms. The van der Waals surface area contributed by atoms with E-state index in [1.807, 2.05) is 0 Å². The van der Waals surface area contributed by atoms with Crippen LogP contribution in [0, 0.1) is 10.1 Å². The lowest BCUT2D eigenvalue weighted by Crippen LogP contribution is -2.42. The third-order valence-corrected chi connectivity index (χ3v) is 2.97. The Bertz CT molecular complexity index is 572. The number of nitrogens with one attached hydrogen (secondary N) is 1. The van der Waals surface area contributed by atoms with E-state index in [9.17, 15) is 19.7 Å². The largest absolute Gasteiger partial charge is 0.379 e. The first-order chi connectivity index (χ1) is 9.09. The molecule has 9 heteroatoms. The van der Waals surface area contributed by atoms with Crippen molar-refractivity contribution >= 4 is 5.69 Å². The lowest BCUT2D eigenvalue weighted by Gasteiger charge is -2.26. The summed E-state index contributed by atoms with van der Waals surface area (Å²) in [6, 6.07) is 0. The van der Waals surface area contributed by atoms with Gasteiger partial charge < -0.3 is 4.74 Å². The minimum Gasteiger partial charge on any atom is -0.379 e. The van der Waals surface area contributed by atoms with Crippen molar-refractivity contribution in [2.75, 3.05) is 32.8 Å². The van der Waals surface area contributed by atoms with Gasteiger partial charge in [-0.3, -0.25) is 29.7 Å². The van der Waals surface area contributed by atoms with E-state index in [0.717, 1.165) is 24.0 Å². The molecule has 1 aromatic rings. The highest BCUT2D eigenvalue weighted by atomic mass is 16.6. The summed E-state index contributed by atoms with van der Waals surface area (Å²) in [6.45, 7) is 3.69. The molecule has 1 aliphatic rings. The second-order valence-corrected chi connectivity index (χ2v) is 4.16. The number of hydrogen-bond donors (Lipinski definition) is 1. The van der Waals surface area contributed by atoms with Crippen molar-refractivity contribution in [2.24, 2.45) is 0 Å². The number of morpholine rings is 1. The second-order valence-electron chi connectivity index (χ2n) is 4.16. The van der Waals surface area contributed by atoms with Crippen LogP contribution in [0.1, 0.15) is 0 Å². The van der Waals surface area contributed by atoms with Gasteiger partial charge in [0, 0.05) is 19.6 Å². The zero-order valence-corrected chi connectivity index (χ0v) is 10.2. The maximum absolute atomic E-state index is 11.6. The third kappa shape index (κ3) is 3.06. The molecule has 0 aromatic carbocycles. The lowest BCUT2D eigenvalue weighted by molar-refractivity contribution is -0.386. The summed E-state index contributed by atoms with van der Waals surface area (Å²) in [5.41, 5.74) is -2.72. The number of H-pyrrole nitrogens is 1. The molecular formula is C10H14N4O5. The fraction of sp³-hybridized carbons (Fsp3) is 0.600. The summed E-state index contributed by atoms with van der Waals surface area (Å²) in [7, 11) is 0. The summed E-state index contributed by atoms with van der Waals surface area (Å²) >= 11 is 0. The number of nitro groups is 1. The van der Waals surface area contributed by atoms with Crippen LogP contribution >= 0.6 is 0 Å². The first kappa shape index (κ1) is 13.4. The third-order valence-electron chi connectivity index (χ3n) is 2.97. The van der Waals surface area contributed by atoms with Crippen LogP contribution in [0.15, 0.2) is 15.8 Å². The Balaban J connectivity index is 2.09. The molecule has 1 N–H and O–H groups in total. The van der Waals surface area contributed by atoms with E-state index in [1.54, 1.807) is 0 Å². The van der Waals surface area contributed by atoms with E-state index in [2.05, 4.69) is 10.00 Å². The fourth-order valence-corrected chi connectivity index (χ4v) is 1.86. The van der Waals surface area contributed by atoms with Gasteiger partial charge in [-0.15, -0.1) is 0 Å². The molecule has 0 unspecified atom stereocenters.